The van der Waals surface area contributed by atoms with Crippen molar-refractivity contribution in [2.75, 3.05) is 19.8 Å². The number of carbonyl (C=O) groups excluding carboxylic acids is 2. The van der Waals surface area contributed by atoms with Crippen LogP contribution in [0.2, 0.25) is 0 Å². The SMILES string of the molecule is CC(=O)c1ncc(C(=O)NCC[C@H]2CCCOC2)s1. The summed E-state index contributed by atoms with van der Waals surface area (Å²) < 4.78 is 5.40. The summed E-state index contributed by atoms with van der Waals surface area (Å²) in [5, 5.41) is 3.24. The Morgan fingerprint density at radius 2 is 2.42 bits per heavy atom. The topological polar surface area (TPSA) is 68.3 Å². The number of hydrogen-bond acceptors (Lipinski definition) is 5. The van der Waals surface area contributed by atoms with Gasteiger partial charge in [-0.2, -0.15) is 0 Å². The predicted octanol–water partition coefficient (Wildman–Crippen LogP) is 1.89. The Labute approximate surface area is 116 Å². The number of rotatable bonds is 5. The van der Waals surface area contributed by atoms with Crippen molar-refractivity contribution in [1.82, 2.24) is 10.3 Å². The average molecular weight is 282 g/mol. The zero-order valence-corrected chi connectivity index (χ0v) is 11.8. The number of aromatic nitrogens is 1. The monoisotopic (exact) mass is 282 g/mol. The number of carbonyl (C=O) groups is 2. The van der Waals surface area contributed by atoms with E-state index in [1.54, 1.807) is 0 Å². The van der Waals surface area contributed by atoms with Crippen molar-refractivity contribution in [1.29, 1.82) is 0 Å². The molecule has 5 nitrogen and oxygen atoms in total. The molecule has 1 aliphatic heterocycles. The summed E-state index contributed by atoms with van der Waals surface area (Å²) in [6.07, 6.45) is 4.67. The van der Waals surface area contributed by atoms with Crippen molar-refractivity contribution in [3.05, 3.63) is 16.1 Å². The fraction of sp³-hybridized carbons (Fsp3) is 0.615. The lowest BCUT2D eigenvalue weighted by Gasteiger charge is -2.21. The molecule has 1 N–H and O–H groups in total. The van der Waals surface area contributed by atoms with Gasteiger partial charge in [0.25, 0.3) is 5.91 Å². The summed E-state index contributed by atoms with van der Waals surface area (Å²) in [7, 11) is 0. The number of nitrogens with one attached hydrogen (secondary N) is 1. The van der Waals surface area contributed by atoms with Gasteiger partial charge in [0.15, 0.2) is 10.8 Å². The number of ether oxygens (including phenoxy) is 1. The minimum absolute atomic E-state index is 0.108. The van der Waals surface area contributed by atoms with Gasteiger partial charge in [-0.15, -0.1) is 11.3 Å². The van der Waals surface area contributed by atoms with E-state index in [1.807, 2.05) is 0 Å². The Bertz CT molecular complexity index is 452. The van der Waals surface area contributed by atoms with E-state index in [0.717, 1.165) is 37.4 Å². The third-order valence-corrected chi connectivity index (χ3v) is 4.22. The van der Waals surface area contributed by atoms with Crippen LogP contribution in [0, 0.1) is 5.92 Å². The zero-order chi connectivity index (χ0) is 13.7. The number of hydrogen-bond donors (Lipinski definition) is 1. The van der Waals surface area contributed by atoms with Crippen molar-refractivity contribution in [2.45, 2.75) is 26.2 Å². The van der Waals surface area contributed by atoms with Crippen molar-refractivity contribution >= 4 is 23.0 Å². The normalized spacial score (nSPS) is 19.1. The van der Waals surface area contributed by atoms with Crippen LogP contribution in [-0.2, 0) is 4.74 Å². The smallest absolute Gasteiger partial charge is 0.263 e. The summed E-state index contributed by atoms with van der Waals surface area (Å²) in [5.74, 6) is 0.286. The van der Waals surface area contributed by atoms with Crippen LogP contribution in [0.5, 0.6) is 0 Å². The number of nitrogens with zero attached hydrogens (tertiary/aromatic N) is 1. The zero-order valence-electron chi connectivity index (χ0n) is 11.0. The van der Waals surface area contributed by atoms with Crippen LogP contribution in [0.1, 0.15) is 45.7 Å². The fourth-order valence-corrected chi connectivity index (χ4v) is 2.78. The Kier molecular flexibility index (Phi) is 5.04. The molecule has 0 bridgehead atoms. The number of ketones is 1. The van der Waals surface area contributed by atoms with Gasteiger partial charge >= 0.3 is 0 Å². The maximum absolute atomic E-state index is 11.8. The molecule has 0 unspecified atom stereocenters. The van der Waals surface area contributed by atoms with Gasteiger partial charge in [-0.1, -0.05) is 0 Å². The summed E-state index contributed by atoms with van der Waals surface area (Å²) in [5.41, 5.74) is 0. The van der Waals surface area contributed by atoms with Crippen molar-refractivity contribution < 1.29 is 14.3 Å². The highest BCUT2D eigenvalue weighted by atomic mass is 32.1. The lowest BCUT2D eigenvalue weighted by molar-refractivity contribution is 0.0514. The summed E-state index contributed by atoms with van der Waals surface area (Å²) in [6.45, 7) is 3.74. The summed E-state index contributed by atoms with van der Waals surface area (Å²) in [4.78, 5) is 27.4. The van der Waals surface area contributed by atoms with E-state index in [-0.39, 0.29) is 11.7 Å². The Morgan fingerprint density at radius 1 is 1.58 bits per heavy atom. The lowest BCUT2D eigenvalue weighted by Crippen LogP contribution is -2.27. The molecular weight excluding hydrogens is 264 g/mol. The number of Topliss-reactive ketones (excluding diaryl/α,β-unsaturated/α-hetero) is 1. The molecule has 1 fully saturated rings. The highest BCUT2D eigenvalue weighted by Crippen LogP contribution is 2.17. The molecule has 1 atom stereocenters. The second kappa shape index (κ2) is 6.77. The standard InChI is InChI=1S/C13H18N2O3S/c1-9(16)13-15-7-11(19-13)12(17)14-5-4-10-3-2-6-18-8-10/h7,10H,2-6,8H2,1H3,(H,14,17)/t10-/m1/s1. The molecular formula is C13H18N2O3S. The number of amides is 1. The van der Waals surface area contributed by atoms with E-state index in [0.29, 0.717) is 22.3 Å². The second-order valence-corrected chi connectivity index (χ2v) is 5.74. The van der Waals surface area contributed by atoms with Gasteiger partial charge in [0.1, 0.15) is 4.88 Å². The van der Waals surface area contributed by atoms with Crippen LogP contribution < -0.4 is 5.32 Å². The van der Waals surface area contributed by atoms with Crippen LogP contribution in [0.3, 0.4) is 0 Å². The first-order valence-electron chi connectivity index (χ1n) is 6.49. The molecule has 0 aliphatic carbocycles. The molecule has 0 spiro atoms. The highest BCUT2D eigenvalue weighted by molar-refractivity contribution is 7.15. The third-order valence-electron chi connectivity index (χ3n) is 3.12. The molecule has 1 saturated heterocycles. The van der Waals surface area contributed by atoms with Crippen molar-refractivity contribution in [3.63, 3.8) is 0 Å². The van der Waals surface area contributed by atoms with E-state index < -0.39 is 0 Å². The summed E-state index contributed by atoms with van der Waals surface area (Å²) >= 11 is 1.14. The molecule has 1 aromatic heterocycles. The molecule has 2 rings (SSSR count). The molecule has 0 aromatic carbocycles. The van der Waals surface area contributed by atoms with Gasteiger partial charge in [0, 0.05) is 26.7 Å². The predicted molar refractivity (Wildman–Crippen MR) is 72.6 cm³/mol. The van der Waals surface area contributed by atoms with Crippen molar-refractivity contribution in [3.8, 4) is 0 Å². The molecule has 1 aliphatic rings. The number of thiazole rings is 1. The summed E-state index contributed by atoms with van der Waals surface area (Å²) in [6, 6.07) is 0. The van der Waals surface area contributed by atoms with E-state index in [2.05, 4.69) is 10.3 Å². The van der Waals surface area contributed by atoms with Crippen LogP contribution in [0.15, 0.2) is 6.20 Å². The van der Waals surface area contributed by atoms with Gasteiger partial charge in [-0.25, -0.2) is 4.98 Å². The van der Waals surface area contributed by atoms with Gasteiger partial charge in [0.2, 0.25) is 0 Å². The molecule has 19 heavy (non-hydrogen) atoms. The molecule has 0 radical (unpaired) electrons. The first-order chi connectivity index (χ1) is 9.16. The lowest BCUT2D eigenvalue weighted by atomic mass is 9.99. The Hall–Kier alpha value is -1.27. The second-order valence-electron chi connectivity index (χ2n) is 4.71. The Morgan fingerprint density at radius 3 is 3.05 bits per heavy atom. The average Bonchev–Trinajstić information content (AvgIpc) is 2.89. The minimum atomic E-state index is -0.151. The maximum Gasteiger partial charge on any atom is 0.263 e. The molecule has 2 heterocycles. The van der Waals surface area contributed by atoms with Crippen LogP contribution in [0.4, 0.5) is 0 Å². The first kappa shape index (κ1) is 14.1. The molecule has 1 aromatic rings. The quantitative estimate of drug-likeness (QED) is 0.837. The first-order valence-corrected chi connectivity index (χ1v) is 7.31. The molecule has 0 saturated carbocycles. The fourth-order valence-electron chi connectivity index (χ4n) is 2.05. The van der Waals surface area contributed by atoms with Crippen LogP contribution >= 0.6 is 11.3 Å². The third kappa shape index (κ3) is 4.11. The van der Waals surface area contributed by atoms with E-state index in [9.17, 15) is 9.59 Å². The minimum Gasteiger partial charge on any atom is -0.381 e. The van der Waals surface area contributed by atoms with Gasteiger partial charge < -0.3 is 10.1 Å². The molecule has 104 valence electrons. The van der Waals surface area contributed by atoms with Gasteiger partial charge in [-0.05, 0) is 25.2 Å². The largest absolute Gasteiger partial charge is 0.381 e. The van der Waals surface area contributed by atoms with E-state index in [1.165, 1.54) is 19.5 Å². The van der Waals surface area contributed by atoms with Crippen molar-refractivity contribution in [2.24, 2.45) is 5.92 Å². The van der Waals surface area contributed by atoms with Gasteiger partial charge in [0.05, 0.1) is 6.20 Å². The molecule has 1 amide bonds. The van der Waals surface area contributed by atoms with Gasteiger partial charge in [-0.3, -0.25) is 9.59 Å². The highest BCUT2D eigenvalue weighted by Gasteiger charge is 2.15. The molecule has 6 heteroatoms. The van der Waals surface area contributed by atoms with E-state index in [4.69, 9.17) is 4.74 Å². The Balaban J connectivity index is 1.75. The van der Waals surface area contributed by atoms with Crippen LogP contribution in [0.25, 0.3) is 0 Å². The van der Waals surface area contributed by atoms with E-state index >= 15 is 0 Å². The maximum atomic E-state index is 11.8. The van der Waals surface area contributed by atoms with Crippen LogP contribution in [-0.4, -0.2) is 36.4 Å².